The summed E-state index contributed by atoms with van der Waals surface area (Å²) in [4.78, 5) is 41.4. The van der Waals surface area contributed by atoms with E-state index >= 15 is 0 Å². The molecule has 0 amide bonds. The molecule has 354 valence electrons. The quantitative estimate of drug-likeness (QED) is 0.172. The van der Waals surface area contributed by atoms with Gasteiger partial charge in [0.25, 0.3) is 0 Å². The lowest BCUT2D eigenvalue weighted by molar-refractivity contribution is 1.19. The maximum Gasteiger partial charge on any atom is 0.165 e. The highest BCUT2D eigenvalue weighted by molar-refractivity contribution is 6.19. The first kappa shape index (κ1) is 43.2. The fourth-order valence-electron chi connectivity index (χ4n) is 11.3. The van der Waals surface area contributed by atoms with Crippen molar-refractivity contribution in [2.75, 3.05) is 0 Å². The van der Waals surface area contributed by atoms with Gasteiger partial charge in [0.1, 0.15) is 22.6 Å². The lowest BCUT2D eigenvalue weighted by atomic mass is 9.89. The smallest absolute Gasteiger partial charge is 0.165 e. The van der Waals surface area contributed by atoms with Crippen LogP contribution in [0.4, 0.5) is 0 Å². The Balaban J connectivity index is 1.18. The summed E-state index contributed by atoms with van der Waals surface area (Å²) in [5.74, 6) is 2.11. The van der Waals surface area contributed by atoms with Crippen LogP contribution >= 0.6 is 0 Å². The molecule has 15 rings (SSSR count). The zero-order valence-corrected chi connectivity index (χ0v) is 40.8. The molecule has 0 aliphatic carbocycles. The van der Waals surface area contributed by atoms with Gasteiger partial charge in [-0.15, -0.1) is 0 Å². The normalized spacial score (nSPS) is 11.7. The molecule has 2 aliphatic rings. The van der Waals surface area contributed by atoms with Gasteiger partial charge in [0.05, 0.1) is 0 Å². The van der Waals surface area contributed by atoms with Gasteiger partial charge < -0.3 is 9.97 Å². The highest BCUT2D eigenvalue weighted by Gasteiger charge is 2.31. The fourth-order valence-corrected chi connectivity index (χ4v) is 11.3. The predicted octanol–water partition coefficient (Wildman–Crippen LogP) is 16.9. The van der Waals surface area contributed by atoms with Crippen LogP contribution in [0.15, 0.2) is 243 Å². The van der Waals surface area contributed by atoms with Crippen molar-refractivity contribution in [3.8, 4) is 112 Å². The summed E-state index contributed by atoms with van der Waals surface area (Å²) in [6, 6.07) is 84.4. The maximum absolute atomic E-state index is 5.78. The molecule has 3 aromatic heterocycles. The third-order valence-corrected chi connectivity index (χ3v) is 14.7. The van der Waals surface area contributed by atoms with Gasteiger partial charge in [0, 0.05) is 43.8 Å². The Morgan fingerprint density at radius 1 is 0.197 bits per heavy atom. The number of nitrogens with zero attached hydrogens (tertiary/aromatic N) is 6. The van der Waals surface area contributed by atoms with Crippen molar-refractivity contribution in [3.63, 3.8) is 0 Å². The summed E-state index contributed by atoms with van der Waals surface area (Å²) in [5, 5.41) is 3.60. The van der Waals surface area contributed by atoms with Gasteiger partial charge in [-0.1, -0.05) is 243 Å². The third kappa shape index (κ3) is 7.07. The average molecular weight is 971 g/mol. The first-order valence-electron chi connectivity index (χ1n) is 25.5. The van der Waals surface area contributed by atoms with Crippen LogP contribution in [0.25, 0.3) is 156 Å². The van der Waals surface area contributed by atoms with Crippen molar-refractivity contribution in [1.82, 2.24) is 39.9 Å². The van der Waals surface area contributed by atoms with E-state index < -0.39 is 0 Å². The molecule has 0 fully saturated rings. The van der Waals surface area contributed by atoms with Gasteiger partial charge in [-0.05, 0) is 66.8 Å². The number of aromatic amines is 2. The molecule has 2 N–H and O–H groups in total. The van der Waals surface area contributed by atoms with Gasteiger partial charge in [0.15, 0.2) is 23.3 Å². The van der Waals surface area contributed by atoms with Gasteiger partial charge in [-0.3, -0.25) is 0 Å². The lowest BCUT2D eigenvalue weighted by Crippen LogP contribution is -1.92. The van der Waals surface area contributed by atoms with E-state index in [1.807, 2.05) is 48.5 Å². The first-order chi connectivity index (χ1) is 37.7. The summed E-state index contributed by atoms with van der Waals surface area (Å²) in [6.07, 6.45) is 0. The average Bonchev–Trinajstić information content (AvgIpc) is 4.33. The Hall–Kier alpha value is -10.4. The molecule has 76 heavy (non-hydrogen) atoms. The molecule has 0 saturated carbocycles. The second kappa shape index (κ2) is 17.7. The molecule has 0 saturated heterocycles. The molecule has 2 aliphatic heterocycles. The van der Waals surface area contributed by atoms with Crippen molar-refractivity contribution in [1.29, 1.82) is 0 Å². The van der Waals surface area contributed by atoms with Gasteiger partial charge in [-0.25, -0.2) is 29.9 Å². The number of nitrogens with one attached hydrogen (secondary N) is 2. The summed E-state index contributed by atoms with van der Waals surface area (Å²) >= 11 is 0. The molecule has 10 aromatic carbocycles. The Labute approximate surface area is 436 Å². The van der Waals surface area contributed by atoms with Crippen LogP contribution in [-0.2, 0) is 0 Å². The molecule has 5 heterocycles. The Bertz CT molecular complexity index is 4300. The summed E-state index contributed by atoms with van der Waals surface area (Å²) in [5.41, 5.74) is 18.2. The summed E-state index contributed by atoms with van der Waals surface area (Å²) in [6.45, 7) is 0. The molecule has 13 aromatic rings. The summed E-state index contributed by atoms with van der Waals surface area (Å²) in [7, 11) is 0. The largest absolute Gasteiger partial charge is 0.324 e. The molecule has 0 spiro atoms. The zero-order chi connectivity index (χ0) is 50.1. The maximum atomic E-state index is 5.78. The minimum Gasteiger partial charge on any atom is -0.324 e. The second-order valence-electron chi connectivity index (χ2n) is 19.1. The molecule has 8 heteroatoms. The number of H-pyrrole nitrogens is 2. The molecular formula is C68H42N8. The highest BCUT2D eigenvalue weighted by Crippen LogP contribution is 2.50. The molecule has 8 nitrogen and oxygen atoms in total. The van der Waals surface area contributed by atoms with Crippen molar-refractivity contribution in [2.45, 2.75) is 0 Å². The van der Waals surface area contributed by atoms with Gasteiger partial charge in [0.2, 0.25) is 0 Å². The first-order valence-corrected chi connectivity index (χ1v) is 25.5. The van der Waals surface area contributed by atoms with Gasteiger partial charge in [-0.2, -0.15) is 0 Å². The summed E-state index contributed by atoms with van der Waals surface area (Å²) < 4.78 is 0. The highest BCUT2D eigenvalue weighted by atomic mass is 15.1. The standard InChI is InChI=1S/C68H42N8/c1-7-21-41(22-8-1)47-35-37-49(43-25-11-3-12-26-43)57-55(47)63-70-61-53-33-19-20-34-54(53)62(69-61)71-64-56-48(42-23-9-2-10-24-42)36-38-50(44-27-13-4-14-28-44)58(56)66(73-64)75-68-60-52(46-31-17-6-18-32-46)40-39-51(45-29-15-5-16-30-45)59(60)67(76-68)74-65(57)72-63/h1-40H,(H2,69,70,71,72,73,74,75,76). The van der Waals surface area contributed by atoms with E-state index in [1.54, 1.807) is 0 Å². The van der Waals surface area contributed by atoms with Crippen LogP contribution in [0, 0.1) is 0 Å². The predicted molar refractivity (Wildman–Crippen MR) is 309 cm³/mol. The lowest BCUT2D eigenvalue weighted by Gasteiger charge is -2.13. The fraction of sp³-hybridized carbons (Fsp3) is 0. The number of aromatic nitrogens is 8. The van der Waals surface area contributed by atoms with Crippen LogP contribution in [0.2, 0.25) is 0 Å². The van der Waals surface area contributed by atoms with E-state index in [1.165, 1.54) is 0 Å². The number of fused-ring (bicyclic) bond motifs is 20. The second-order valence-corrected chi connectivity index (χ2v) is 19.1. The van der Waals surface area contributed by atoms with Crippen molar-refractivity contribution >= 4 is 44.1 Å². The van der Waals surface area contributed by atoms with Crippen LogP contribution in [0.3, 0.4) is 0 Å². The van der Waals surface area contributed by atoms with Gasteiger partial charge >= 0.3 is 0 Å². The van der Waals surface area contributed by atoms with Crippen LogP contribution in [-0.4, -0.2) is 39.9 Å². The number of hydrogen-bond donors (Lipinski definition) is 2. The van der Waals surface area contributed by atoms with E-state index in [2.05, 4.69) is 204 Å². The van der Waals surface area contributed by atoms with Crippen molar-refractivity contribution in [2.24, 2.45) is 0 Å². The zero-order valence-electron chi connectivity index (χ0n) is 40.8. The number of benzene rings is 10. The van der Waals surface area contributed by atoms with E-state index in [-0.39, 0.29) is 0 Å². The molecule has 0 radical (unpaired) electrons. The van der Waals surface area contributed by atoms with E-state index in [4.69, 9.17) is 29.9 Å². The van der Waals surface area contributed by atoms with Crippen molar-refractivity contribution in [3.05, 3.63) is 243 Å². The third-order valence-electron chi connectivity index (χ3n) is 14.7. The number of rotatable bonds is 6. The molecule has 0 unspecified atom stereocenters. The van der Waals surface area contributed by atoms with E-state index in [9.17, 15) is 0 Å². The van der Waals surface area contributed by atoms with E-state index in [0.717, 1.165) is 111 Å². The van der Waals surface area contributed by atoms with Crippen LogP contribution < -0.4 is 0 Å². The molecular weight excluding hydrogens is 929 g/mol. The number of hydrogen-bond acceptors (Lipinski definition) is 6. The Morgan fingerprint density at radius 2 is 0.421 bits per heavy atom. The monoisotopic (exact) mass is 970 g/mol. The molecule has 0 atom stereocenters. The minimum absolute atomic E-state index is 0.523. The Kier molecular flexibility index (Phi) is 10.0. The van der Waals surface area contributed by atoms with Crippen LogP contribution in [0.1, 0.15) is 0 Å². The van der Waals surface area contributed by atoms with Crippen LogP contribution in [0.5, 0.6) is 0 Å². The van der Waals surface area contributed by atoms with Crippen molar-refractivity contribution < 1.29 is 0 Å². The minimum atomic E-state index is 0.523. The topological polar surface area (TPSA) is 109 Å². The molecule has 8 bridgehead atoms. The van der Waals surface area contributed by atoms with E-state index in [0.29, 0.717) is 45.9 Å². The Morgan fingerprint density at radius 3 is 0.711 bits per heavy atom. The SMILES string of the molecule is c1ccc(-c2ccc(-c3ccccc3)c3c2-c2nc-3nc3[nH]c(nc4nc(nc5[nH]c(n2)c2ccccc52)-c2c(-c5ccccc5)ccc(-c5ccccc5)c2-4)c2c(-c4ccccc4)ccc(-c4ccccc4)c32)cc1.